The zero-order valence-corrected chi connectivity index (χ0v) is 12.7. The van der Waals surface area contributed by atoms with Gasteiger partial charge < -0.3 is 4.90 Å². The zero-order valence-electron chi connectivity index (χ0n) is 11.2. The maximum absolute atomic E-state index is 12.0. The number of carbonyl (C=O) groups is 1. The van der Waals surface area contributed by atoms with Crippen molar-refractivity contribution >= 4 is 29.3 Å². The molecule has 20 heavy (non-hydrogen) atoms. The molecule has 2 rings (SSSR count). The van der Waals surface area contributed by atoms with Gasteiger partial charge in [-0.2, -0.15) is 0 Å². The first kappa shape index (κ1) is 14.8. The third-order valence-corrected chi connectivity index (χ3v) is 3.87. The number of aromatic nitrogens is 4. The molecule has 1 aromatic heterocycles. The fraction of sp³-hybridized carbons (Fsp3) is 0.333. The summed E-state index contributed by atoms with van der Waals surface area (Å²) >= 11 is 7.23. The first-order chi connectivity index (χ1) is 9.56. The minimum absolute atomic E-state index is 0.0120. The van der Waals surface area contributed by atoms with Crippen molar-refractivity contribution in [3.05, 3.63) is 34.9 Å². The van der Waals surface area contributed by atoms with E-state index >= 15 is 0 Å². The number of hydrogen-bond donors (Lipinski definition) is 0. The summed E-state index contributed by atoms with van der Waals surface area (Å²) in [5.41, 5.74) is 0.999. The van der Waals surface area contributed by atoms with Crippen LogP contribution in [0.15, 0.2) is 29.4 Å². The molecule has 0 saturated carbocycles. The molecule has 0 bridgehead atoms. The molecule has 0 saturated heterocycles. The van der Waals surface area contributed by atoms with Crippen molar-refractivity contribution in [2.75, 3.05) is 12.8 Å². The molecule has 0 aliphatic heterocycles. The van der Waals surface area contributed by atoms with E-state index in [0.717, 1.165) is 5.56 Å². The van der Waals surface area contributed by atoms with Gasteiger partial charge in [0.25, 0.3) is 0 Å². The Kier molecular flexibility index (Phi) is 4.97. The van der Waals surface area contributed by atoms with Crippen LogP contribution in [0.25, 0.3) is 0 Å². The monoisotopic (exact) mass is 311 g/mol. The van der Waals surface area contributed by atoms with Crippen LogP contribution in [0.5, 0.6) is 0 Å². The van der Waals surface area contributed by atoms with E-state index in [1.807, 2.05) is 24.3 Å². The third kappa shape index (κ3) is 3.94. The second-order valence-electron chi connectivity index (χ2n) is 4.25. The van der Waals surface area contributed by atoms with Crippen LogP contribution in [0.4, 0.5) is 0 Å². The lowest BCUT2D eigenvalue weighted by Gasteiger charge is -2.17. The van der Waals surface area contributed by atoms with Crippen LogP contribution < -0.4 is 0 Å². The highest BCUT2D eigenvalue weighted by molar-refractivity contribution is 7.99. The van der Waals surface area contributed by atoms with Crippen molar-refractivity contribution in [3.63, 3.8) is 0 Å². The van der Waals surface area contributed by atoms with Crippen molar-refractivity contribution in [1.82, 2.24) is 25.1 Å². The SMILES string of the molecule is CN(Cc1cccc(Cl)c1)C(=O)CSc1nnnn1C. The maximum atomic E-state index is 12.0. The first-order valence-corrected chi connectivity index (χ1v) is 7.26. The highest BCUT2D eigenvalue weighted by Gasteiger charge is 2.12. The summed E-state index contributed by atoms with van der Waals surface area (Å²) in [5.74, 6) is 0.309. The van der Waals surface area contributed by atoms with Crippen molar-refractivity contribution < 1.29 is 4.79 Å². The number of halogens is 1. The molecule has 0 aliphatic carbocycles. The number of hydrogen-bond acceptors (Lipinski definition) is 5. The lowest BCUT2D eigenvalue weighted by molar-refractivity contribution is -0.127. The van der Waals surface area contributed by atoms with Crippen LogP contribution in [0.1, 0.15) is 5.56 Å². The van der Waals surface area contributed by atoms with Crippen LogP contribution in [0, 0.1) is 0 Å². The molecule has 0 atom stereocenters. The number of nitrogens with zero attached hydrogens (tertiary/aromatic N) is 5. The predicted molar refractivity (Wildman–Crippen MR) is 77.4 cm³/mol. The summed E-state index contributed by atoms with van der Waals surface area (Å²) in [6.45, 7) is 0.525. The van der Waals surface area contributed by atoms with Crippen molar-refractivity contribution in [2.45, 2.75) is 11.7 Å². The summed E-state index contributed by atoms with van der Waals surface area (Å²) < 4.78 is 1.54. The summed E-state index contributed by atoms with van der Waals surface area (Å²) in [4.78, 5) is 13.7. The predicted octanol–water partition coefficient (Wildman–Crippen LogP) is 1.61. The fourth-order valence-corrected chi connectivity index (χ4v) is 2.58. The van der Waals surface area contributed by atoms with E-state index in [0.29, 0.717) is 22.5 Å². The molecule has 8 heteroatoms. The average Bonchev–Trinajstić information content (AvgIpc) is 2.81. The van der Waals surface area contributed by atoms with Crippen LogP contribution >= 0.6 is 23.4 Å². The van der Waals surface area contributed by atoms with Gasteiger partial charge in [-0.15, -0.1) is 5.10 Å². The Balaban J connectivity index is 1.87. The van der Waals surface area contributed by atoms with E-state index in [2.05, 4.69) is 15.5 Å². The van der Waals surface area contributed by atoms with Gasteiger partial charge >= 0.3 is 0 Å². The first-order valence-electron chi connectivity index (χ1n) is 5.90. The molecular formula is C12H14ClN5OS. The number of rotatable bonds is 5. The molecule has 6 nitrogen and oxygen atoms in total. The smallest absolute Gasteiger partial charge is 0.233 e. The van der Waals surface area contributed by atoms with Crippen LogP contribution in [0.2, 0.25) is 5.02 Å². The molecule has 0 spiro atoms. The van der Waals surface area contributed by atoms with Gasteiger partial charge in [0.15, 0.2) is 0 Å². The second-order valence-corrected chi connectivity index (χ2v) is 5.63. The molecule has 0 N–H and O–H groups in total. The number of tetrazole rings is 1. The van der Waals surface area contributed by atoms with E-state index < -0.39 is 0 Å². The average molecular weight is 312 g/mol. The minimum Gasteiger partial charge on any atom is -0.341 e. The molecular weight excluding hydrogens is 298 g/mol. The van der Waals surface area contributed by atoms with Gasteiger partial charge in [0.2, 0.25) is 11.1 Å². The van der Waals surface area contributed by atoms with Gasteiger partial charge in [-0.3, -0.25) is 4.79 Å². The van der Waals surface area contributed by atoms with E-state index in [1.54, 1.807) is 19.0 Å². The van der Waals surface area contributed by atoms with Gasteiger partial charge in [-0.05, 0) is 28.1 Å². The van der Waals surface area contributed by atoms with Gasteiger partial charge in [0, 0.05) is 25.7 Å². The Morgan fingerprint density at radius 1 is 1.50 bits per heavy atom. The van der Waals surface area contributed by atoms with Crippen molar-refractivity contribution in [2.24, 2.45) is 7.05 Å². The summed E-state index contributed by atoms with van der Waals surface area (Å²) in [5, 5.41) is 12.3. The normalized spacial score (nSPS) is 10.6. The van der Waals surface area contributed by atoms with E-state index in [-0.39, 0.29) is 5.91 Å². The number of aryl methyl sites for hydroxylation is 1. The summed E-state index contributed by atoms with van der Waals surface area (Å²) in [6.07, 6.45) is 0. The minimum atomic E-state index is 0.0120. The zero-order chi connectivity index (χ0) is 14.5. The Hall–Kier alpha value is -1.60. The van der Waals surface area contributed by atoms with Crippen molar-refractivity contribution in [3.8, 4) is 0 Å². The van der Waals surface area contributed by atoms with Gasteiger partial charge in [-0.1, -0.05) is 35.5 Å². The van der Waals surface area contributed by atoms with E-state index in [4.69, 9.17) is 11.6 Å². The largest absolute Gasteiger partial charge is 0.341 e. The van der Waals surface area contributed by atoms with E-state index in [9.17, 15) is 4.79 Å². The van der Waals surface area contributed by atoms with Crippen LogP contribution in [0.3, 0.4) is 0 Å². The molecule has 0 unspecified atom stereocenters. The Morgan fingerprint density at radius 3 is 2.95 bits per heavy atom. The fourth-order valence-electron chi connectivity index (χ4n) is 1.58. The molecule has 0 radical (unpaired) electrons. The number of amides is 1. The van der Waals surface area contributed by atoms with Crippen LogP contribution in [-0.4, -0.2) is 43.8 Å². The highest BCUT2D eigenvalue weighted by Crippen LogP contribution is 2.15. The standard InChI is InChI=1S/C12H14ClN5OS/c1-17(7-9-4-3-5-10(13)6-9)11(19)8-20-12-14-15-16-18(12)2/h3-6H,7-8H2,1-2H3. The number of carbonyl (C=O) groups excluding carboxylic acids is 1. The Labute approximate surface area is 126 Å². The topological polar surface area (TPSA) is 63.9 Å². The summed E-state index contributed by atoms with van der Waals surface area (Å²) in [6, 6.07) is 7.47. The number of thioether (sulfide) groups is 1. The molecule has 0 fully saturated rings. The molecule has 1 amide bonds. The second kappa shape index (κ2) is 6.71. The quantitative estimate of drug-likeness (QED) is 0.785. The third-order valence-electron chi connectivity index (χ3n) is 2.64. The lowest BCUT2D eigenvalue weighted by atomic mass is 10.2. The van der Waals surface area contributed by atoms with Crippen LogP contribution in [-0.2, 0) is 18.4 Å². The summed E-state index contributed by atoms with van der Waals surface area (Å²) in [7, 11) is 3.50. The molecule has 0 aliphatic rings. The molecule has 1 aromatic carbocycles. The lowest BCUT2D eigenvalue weighted by Crippen LogP contribution is -2.27. The molecule has 2 aromatic rings. The van der Waals surface area contributed by atoms with Gasteiger partial charge in [0.05, 0.1) is 5.75 Å². The maximum Gasteiger partial charge on any atom is 0.233 e. The van der Waals surface area contributed by atoms with Gasteiger partial charge in [0.1, 0.15) is 0 Å². The molecule has 106 valence electrons. The Morgan fingerprint density at radius 2 is 2.30 bits per heavy atom. The highest BCUT2D eigenvalue weighted by atomic mass is 35.5. The van der Waals surface area contributed by atoms with E-state index in [1.165, 1.54) is 16.4 Å². The van der Waals surface area contributed by atoms with Crippen molar-refractivity contribution in [1.29, 1.82) is 0 Å². The number of benzene rings is 1. The molecule has 1 heterocycles. The Bertz CT molecular complexity index is 603. The van der Waals surface area contributed by atoms with Gasteiger partial charge in [-0.25, -0.2) is 4.68 Å².